The number of ether oxygens (including phenoxy) is 2. The van der Waals surface area contributed by atoms with Gasteiger partial charge in [0.25, 0.3) is 0 Å². The summed E-state index contributed by atoms with van der Waals surface area (Å²) in [6.45, 7) is 6.23. The molecule has 0 unspecified atom stereocenters. The van der Waals surface area contributed by atoms with Crippen molar-refractivity contribution in [3.63, 3.8) is 0 Å². The van der Waals surface area contributed by atoms with Crippen LogP contribution in [0.5, 0.6) is 11.5 Å². The number of benzene rings is 3. The van der Waals surface area contributed by atoms with Gasteiger partial charge in [-0.3, -0.25) is 0 Å². The summed E-state index contributed by atoms with van der Waals surface area (Å²) < 4.78 is 11.8. The summed E-state index contributed by atoms with van der Waals surface area (Å²) >= 11 is 0. The van der Waals surface area contributed by atoms with E-state index in [1.165, 1.54) is 16.7 Å². The molecule has 28 heavy (non-hydrogen) atoms. The van der Waals surface area contributed by atoms with E-state index >= 15 is 0 Å². The molecule has 0 aromatic heterocycles. The van der Waals surface area contributed by atoms with Crippen molar-refractivity contribution in [3.05, 3.63) is 89.5 Å². The quantitative estimate of drug-likeness (QED) is 0.454. The predicted octanol–water partition coefficient (Wildman–Crippen LogP) is 5.81. The first-order chi connectivity index (χ1) is 13.7. The van der Waals surface area contributed by atoms with Crippen LogP contribution in [0.2, 0.25) is 0 Å². The van der Waals surface area contributed by atoms with Gasteiger partial charge in [-0.2, -0.15) is 0 Å². The maximum absolute atomic E-state index is 6.00. The smallest absolute Gasteiger partial charge is 0.142 e. The lowest BCUT2D eigenvalue weighted by Gasteiger charge is -2.14. The molecule has 3 nitrogen and oxygen atoms in total. The molecular weight excluding hydrogens is 346 g/mol. The molecule has 0 atom stereocenters. The molecule has 0 aliphatic heterocycles. The Bertz CT molecular complexity index is 861. The molecule has 0 heterocycles. The van der Waals surface area contributed by atoms with Crippen molar-refractivity contribution in [1.82, 2.24) is 0 Å². The minimum absolute atomic E-state index is 0.602. The Labute approximate surface area is 168 Å². The van der Waals surface area contributed by atoms with Crippen molar-refractivity contribution >= 4 is 5.69 Å². The van der Waals surface area contributed by atoms with Crippen LogP contribution in [0, 0.1) is 13.8 Å². The van der Waals surface area contributed by atoms with Crippen molar-refractivity contribution in [2.24, 2.45) is 0 Å². The fourth-order valence-corrected chi connectivity index (χ4v) is 3.00. The maximum atomic E-state index is 6.00. The molecule has 3 heteroatoms. The molecule has 1 N–H and O–H groups in total. The van der Waals surface area contributed by atoms with Gasteiger partial charge in [0.05, 0.1) is 12.3 Å². The van der Waals surface area contributed by atoms with Gasteiger partial charge in [-0.1, -0.05) is 48.5 Å². The molecule has 0 aliphatic carbocycles. The number of aryl methyl sites for hydroxylation is 3. The Kier molecular flexibility index (Phi) is 7.36. The molecule has 0 saturated carbocycles. The first-order valence-corrected chi connectivity index (χ1v) is 9.92. The van der Waals surface area contributed by atoms with E-state index in [4.69, 9.17) is 9.47 Å². The fourth-order valence-electron chi connectivity index (χ4n) is 3.00. The van der Waals surface area contributed by atoms with Crippen LogP contribution in [0.1, 0.15) is 23.1 Å². The van der Waals surface area contributed by atoms with Crippen LogP contribution in [-0.2, 0) is 6.42 Å². The van der Waals surface area contributed by atoms with E-state index in [-0.39, 0.29) is 0 Å². The average Bonchev–Trinajstić information content (AvgIpc) is 2.73. The Morgan fingerprint density at radius 3 is 2.36 bits per heavy atom. The van der Waals surface area contributed by atoms with Gasteiger partial charge in [-0.15, -0.1) is 0 Å². The zero-order chi connectivity index (χ0) is 19.6. The summed E-state index contributed by atoms with van der Waals surface area (Å²) in [6, 6.07) is 24.8. The summed E-state index contributed by atoms with van der Waals surface area (Å²) in [6.07, 6.45) is 2.02. The molecule has 3 aromatic carbocycles. The molecule has 3 rings (SSSR count). The van der Waals surface area contributed by atoms with Crippen LogP contribution >= 0.6 is 0 Å². The number of anilines is 1. The molecular formula is C25H29NO2. The highest BCUT2D eigenvalue weighted by molar-refractivity contribution is 5.56. The van der Waals surface area contributed by atoms with Gasteiger partial charge in [-0.05, 0) is 67.6 Å². The highest BCUT2D eigenvalue weighted by Crippen LogP contribution is 2.24. The van der Waals surface area contributed by atoms with Gasteiger partial charge in [-0.25, -0.2) is 0 Å². The molecule has 0 spiro atoms. The maximum Gasteiger partial charge on any atom is 0.142 e. The lowest BCUT2D eigenvalue weighted by Crippen LogP contribution is -2.12. The fraction of sp³-hybridized carbons (Fsp3) is 0.280. The van der Waals surface area contributed by atoms with Gasteiger partial charge >= 0.3 is 0 Å². The van der Waals surface area contributed by atoms with Crippen molar-refractivity contribution in [1.29, 1.82) is 0 Å². The normalized spacial score (nSPS) is 10.5. The van der Waals surface area contributed by atoms with E-state index in [2.05, 4.69) is 55.6 Å². The molecule has 0 bridgehead atoms. The molecule has 146 valence electrons. The second-order valence-electron chi connectivity index (χ2n) is 6.96. The summed E-state index contributed by atoms with van der Waals surface area (Å²) in [5.74, 6) is 1.80. The third-order valence-corrected chi connectivity index (χ3v) is 4.76. The first kappa shape index (κ1) is 19.8. The number of para-hydroxylation sites is 2. The number of nitrogens with one attached hydrogen (secondary N) is 1. The lowest BCUT2D eigenvalue weighted by molar-refractivity contribution is 0.311. The Balaban J connectivity index is 1.42. The molecule has 3 aromatic rings. The highest BCUT2D eigenvalue weighted by Gasteiger charge is 2.03. The van der Waals surface area contributed by atoms with E-state index in [9.17, 15) is 0 Å². The molecule has 0 aliphatic rings. The molecule has 0 saturated heterocycles. The third-order valence-electron chi connectivity index (χ3n) is 4.76. The minimum Gasteiger partial charge on any atom is -0.492 e. The number of hydrogen-bond acceptors (Lipinski definition) is 3. The van der Waals surface area contributed by atoms with E-state index in [0.29, 0.717) is 13.2 Å². The predicted molar refractivity (Wildman–Crippen MR) is 117 cm³/mol. The van der Waals surface area contributed by atoms with E-state index in [0.717, 1.165) is 36.6 Å². The van der Waals surface area contributed by atoms with Crippen LogP contribution in [0.15, 0.2) is 72.8 Å². The van der Waals surface area contributed by atoms with E-state index in [1.54, 1.807) is 0 Å². The molecule has 0 fully saturated rings. The SMILES string of the molecule is Cc1ccc(OCCNc2ccccc2OCCCc2ccccc2)cc1C. The summed E-state index contributed by atoms with van der Waals surface area (Å²) in [7, 11) is 0. The highest BCUT2D eigenvalue weighted by atomic mass is 16.5. The Morgan fingerprint density at radius 1 is 0.750 bits per heavy atom. The second-order valence-corrected chi connectivity index (χ2v) is 6.96. The zero-order valence-corrected chi connectivity index (χ0v) is 16.8. The van der Waals surface area contributed by atoms with E-state index < -0.39 is 0 Å². The van der Waals surface area contributed by atoms with Crippen LogP contribution in [-0.4, -0.2) is 19.8 Å². The van der Waals surface area contributed by atoms with Crippen molar-refractivity contribution in [2.75, 3.05) is 25.1 Å². The van der Waals surface area contributed by atoms with Crippen molar-refractivity contribution < 1.29 is 9.47 Å². The van der Waals surface area contributed by atoms with Crippen LogP contribution in [0.4, 0.5) is 5.69 Å². The zero-order valence-electron chi connectivity index (χ0n) is 16.8. The van der Waals surface area contributed by atoms with E-state index in [1.807, 2.05) is 36.4 Å². The van der Waals surface area contributed by atoms with Gasteiger partial charge in [0.2, 0.25) is 0 Å². The van der Waals surface area contributed by atoms with Crippen LogP contribution in [0.3, 0.4) is 0 Å². The van der Waals surface area contributed by atoms with Gasteiger partial charge in [0, 0.05) is 6.54 Å². The van der Waals surface area contributed by atoms with Crippen molar-refractivity contribution in [2.45, 2.75) is 26.7 Å². The lowest BCUT2D eigenvalue weighted by atomic mass is 10.1. The van der Waals surface area contributed by atoms with Crippen LogP contribution in [0.25, 0.3) is 0 Å². The Morgan fingerprint density at radius 2 is 1.54 bits per heavy atom. The van der Waals surface area contributed by atoms with Crippen molar-refractivity contribution in [3.8, 4) is 11.5 Å². The number of hydrogen-bond donors (Lipinski definition) is 1. The third kappa shape index (κ3) is 6.05. The summed E-state index contributed by atoms with van der Waals surface area (Å²) in [5, 5.41) is 3.42. The summed E-state index contributed by atoms with van der Waals surface area (Å²) in [5.41, 5.74) is 4.88. The average molecular weight is 376 g/mol. The second kappa shape index (κ2) is 10.4. The Hall–Kier alpha value is -2.94. The largest absolute Gasteiger partial charge is 0.492 e. The first-order valence-electron chi connectivity index (χ1n) is 9.92. The standard InChI is InChI=1S/C25H29NO2/c1-20-14-15-23(19-21(20)2)27-18-16-26-24-12-6-7-13-25(24)28-17-8-11-22-9-4-3-5-10-22/h3-7,9-10,12-15,19,26H,8,11,16-18H2,1-2H3. The molecule has 0 amide bonds. The van der Waals surface area contributed by atoms with Gasteiger partial charge in [0.1, 0.15) is 18.1 Å². The van der Waals surface area contributed by atoms with Gasteiger partial charge in [0.15, 0.2) is 0 Å². The monoisotopic (exact) mass is 375 g/mol. The number of rotatable bonds is 10. The molecule has 0 radical (unpaired) electrons. The minimum atomic E-state index is 0.602. The topological polar surface area (TPSA) is 30.5 Å². The summed E-state index contributed by atoms with van der Waals surface area (Å²) in [4.78, 5) is 0. The van der Waals surface area contributed by atoms with Gasteiger partial charge < -0.3 is 14.8 Å². The van der Waals surface area contributed by atoms with Crippen LogP contribution < -0.4 is 14.8 Å².